The van der Waals surface area contributed by atoms with Gasteiger partial charge in [0, 0.05) is 6.54 Å². The van der Waals surface area contributed by atoms with Crippen molar-refractivity contribution in [1.29, 1.82) is 0 Å². The first-order chi connectivity index (χ1) is 8.83. The third kappa shape index (κ3) is 3.39. The van der Waals surface area contributed by atoms with Crippen molar-refractivity contribution in [2.24, 2.45) is 0 Å². The second-order valence-corrected chi connectivity index (χ2v) is 4.77. The molecule has 1 aliphatic carbocycles. The van der Waals surface area contributed by atoms with Gasteiger partial charge in [-0.2, -0.15) is 0 Å². The Kier molecular flexibility index (Phi) is 4.88. The number of hydrogen-bond acceptors (Lipinski definition) is 3. The zero-order valence-corrected chi connectivity index (χ0v) is 11.4. The van der Waals surface area contributed by atoms with Crippen molar-refractivity contribution >= 4 is 0 Å². The summed E-state index contributed by atoms with van der Waals surface area (Å²) in [4.78, 5) is 0. The van der Waals surface area contributed by atoms with Gasteiger partial charge in [-0.25, -0.2) is 0 Å². The molecular weight excluding hydrogens is 226 g/mol. The molecule has 0 spiro atoms. The van der Waals surface area contributed by atoms with Crippen LogP contribution in [0.2, 0.25) is 0 Å². The summed E-state index contributed by atoms with van der Waals surface area (Å²) in [6.45, 7) is 3.53. The molecule has 0 bridgehead atoms. The molecule has 0 saturated heterocycles. The lowest BCUT2D eigenvalue weighted by Crippen LogP contribution is -2.12. The van der Waals surface area contributed by atoms with Crippen molar-refractivity contribution in [2.45, 2.75) is 45.3 Å². The van der Waals surface area contributed by atoms with Gasteiger partial charge in [-0.3, -0.25) is 0 Å². The van der Waals surface area contributed by atoms with Crippen LogP contribution in [0.25, 0.3) is 0 Å². The van der Waals surface area contributed by atoms with Crippen LogP contribution in [0.3, 0.4) is 0 Å². The van der Waals surface area contributed by atoms with Crippen molar-refractivity contribution in [3.63, 3.8) is 0 Å². The monoisotopic (exact) mass is 249 g/mol. The molecule has 3 heteroatoms. The van der Waals surface area contributed by atoms with Gasteiger partial charge in [0.25, 0.3) is 0 Å². The molecular formula is C15H23NO2. The maximum absolute atomic E-state index is 6.05. The molecule has 3 nitrogen and oxygen atoms in total. The predicted octanol–water partition coefficient (Wildman–Crippen LogP) is 3.13. The molecule has 0 radical (unpaired) electrons. The van der Waals surface area contributed by atoms with Crippen molar-refractivity contribution < 1.29 is 9.47 Å². The predicted molar refractivity (Wildman–Crippen MR) is 73.3 cm³/mol. The molecule has 1 aromatic carbocycles. The fourth-order valence-corrected chi connectivity index (χ4v) is 2.42. The molecule has 0 atom stereocenters. The third-order valence-corrected chi connectivity index (χ3v) is 3.28. The molecule has 0 aromatic heterocycles. The molecule has 0 unspecified atom stereocenters. The Bertz CT molecular complexity index is 373. The second kappa shape index (κ2) is 6.64. The summed E-state index contributed by atoms with van der Waals surface area (Å²) >= 11 is 0. The summed E-state index contributed by atoms with van der Waals surface area (Å²) in [5.41, 5.74) is 1.22. The maximum Gasteiger partial charge on any atom is 0.161 e. The average Bonchev–Trinajstić information content (AvgIpc) is 2.86. The zero-order chi connectivity index (χ0) is 12.8. The summed E-state index contributed by atoms with van der Waals surface area (Å²) < 4.78 is 11.7. The lowest BCUT2D eigenvalue weighted by Gasteiger charge is -2.17. The first kappa shape index (κ1) is 13.2. The summed E-state index contributed by atoms with van der Waals surface area (Å²) in [7, 11) is 1.95. The van der Waals surface area contributed by atoms with Gasteiger partial charge in [-0.05, 0) is 57.4 Å². The van der Waals surface area contributed by atoms with Gasteiger partial charge in [0.2, 0.25) is 0 Å². The quantitative estimate of drug-likeness (QED) is 0.840. The molecule has 2 rings (SSSR count). The smallest absolute Gasteiger partial charge is 0.161 e. The van der Waals surface area contributed by atoms with E-state index in [9.17, 15) is 0 Å². The zero-order valence-electron chi connectivity index (χ0n) is 11.4. The first-order valence-corrected chi connectivity index (χ1v) is 6.90. The second-order valence-electron chi connectivity index (χ2n) is 4.77. The van der Waals surface area contributed by atoms with E-state index in [0.717, 1.165) is 18.0 Å². The molecule has 1 aromatic rings. The molecule has 100 valence electrons. The Balaban J connectivity index is 2.11. The van der Waals surface area contributed by atoms with E-state index in [4.69, 9.17) is 9.47 Å². The van der Waals surface area contributed by atoms with E-state index >= 15 is 0 Å². The number of benzene rings is 1. The topological polar surface area (TPSA) is 30.5 Å². The number of rotatable bonds is 6. The molecule has 1 aliphatic rings. The van der Waals surface area contributed by atoms with Crippen LogP contribution in [0.1, 0.15) is 38.2 Å². The van der Waals surface area contributed by atoms with E-state index < -0.39 is 0 Å². The summed E-state index contributed by atoms with van der Waals surface area (Å²) in [6, 6.07) is 6.21. The van der Waals surface area contributed by atoms with Crippen LogP contribution in [0, 0.1) is 0 Å². The van der Waals surface area contributed by atoms with Crippen LogP contribution in [0.4, 0.5) is 0 Å². The van der Waals surface area contributed by atoms with Crippen LogP contribution < -0.4 is 14.8 Å². The van der Waals surface area contributed by atoms with E-state index in [1.165, 1.54) is 31.2 Å². The van der Waals surface area contributed by atoms with Gasteiger partial charge in [0.1, 0.15) is 0 Å². The lowest BCUT2D eigenvalue weighted by molar-refractivity contribution is 0.196. The lowest BCUT2D eigenvalue weighted by atomic mass is 10.2. The van der Waals surface area contributed by atoms with Gasteiger partial charge < -0.3 is 14.8 Å². The number of nitrogens with one attached hydrogen (secondary N) is 1. The SMILES string of the molecule is CCOc1cc(CNC)ccc1OC1CCCC1. The fourth-order valence-electron chi connectivity index (χ4n) is 2.42. The standard InChI is InChI=1S/C15H23NO2/c1-3-17-15-10-12(11-16-2)8-9-14(15)18-13-6-4-5-7-13/h8-10,13,16H,3-7,11H2,1-2H3. The van der Waals surface area contributed by atoms with E-state index in [0.29, 0.717) is 12.7 Å². The molecule has 0 aliphatic heterocycles. The molecule has 1 saturated carbocycles. The highest BCUT2D eigenvalue weighted by Gasteiger charge is 2.18. The van der Waals surface area contributed by atoms with Gasteiger partial charge >= 0.3 is 0 Å². The van der Waals surface area contributed by atoms with Crippen molar-refractivity contribution in [3.05, 3.63) is 23.8 Å². The molecule has 0 amide bonds. The van der Waals surface area contributed by atoms with E-state index in [-0.39, 0.29) is 0 Å². The van der Waals surface area contributed by atoms with Crippen LogP contribution in [-0.2, 0) is 6.54 Å². The third-order valence-electron chi connectivity index (χ3n) is 3.28. The summed E-state index contributed by atoms with van der Waals surface area (Å²) in [5.74, 6) is 1.76. The Hall–Kier alpha value is -1.22. The highest BCUT2D eigenvalue weighted by atomic mass is 16.5. The first-order valence-electron chi connectivity index (χ1n) is 6.90. The van der Waals surface area contributed by atoms with Crippen molar-refractivity contribution in [3.8, 4) is 11.5 Å². The summed E-state index contributed by atoms with van der Waals surface area (Å²) in [6.07, 6.45) is 5.28. The Morgan fingerprint density at radius 2 is 2.00 bits per heavy atom. The molecule has 1 N–H and O–H groups in total. The summed E-state index contributed by atoms with van der Waals surface area (Å²) in [5, 5.41) is 3.15. The Labute approximate surface area is 109 Å². The number of ether oxygens (including phenoxy) is 2. The van der Waals surface area contributed by atoms with Crippen molar-refractivity contribution in [2.75, 3.05) is 13.7 Å². The highest BCUT2D eigenvalue weighted by Crippen LogP contribution is 2.32. The van der Waals surface area contributed by atoms with Crippen molar-refractivity contribution in [1.82, 2.24) is 5.32 Å². The fraction of sp³-hybridized carbons (Fsp3) is 0.600. The molecule has 18 heavy (non-hydrogen) atoms. The Morgan fingerprint density at radius 1 is 1.22 bits per heavy atom. The van der Waals surface area contributed by atoms with Gasteiger partial charge in [0.05, 0.1) is 12.7 Å². The van der Waals surface area contributed by atoms with Crippen LogP contribution in [0.15, 0.2) is 18.2 Å². The number of hydrogen-bond donors (Lipinski definition) is 1. The highest BCUT2D eigenvalue weighted by molar-refractivity contribution is 5.43. The van der Waals surface area contributed by atoms with E-state index in [1.807, 2.05) is 20.0 Å². The minimum absolute atomic E-state index is 0.374. The molecule has 0 heterocycles. The van der Waals surface area contributed by atoms with Crippen LogP contribution >= 0.6 is 0 Å². The maximum atomic E-state index is 6.05. The van der Waals surface area contributed by atoms with E-state index in [2.05, 4.69) is 17.4 Å². The van der Waals surface area contributed by atoms with Crippen LogP contribution in [0.5, 0.6) is 11.5 Å². The van der Waals surface area contributed by atoms with E-state index in [1.54, 1.807) is 0 Å². The molecule has 1 fully saturated rings. The largest absolute Gasteiger partial charge is 0.490 e. The minimum atomic E-state index is 0.374. The van der Waals surface area contributed by atoms with Gasteiger partial charge in [-0.1, -0.05) is 6.07 Å². The van der Waals surface area contributed by atoms with Gasteiger partial charge in [0.15, 0.2) is 11.5 Å². The minimum Gasteiger partial charge on any atom is -0.490 e. The van der Waals surface area contributed by atoms with Gasteiger partial charge in [-0.15, -0.1) is 0 Å². The normalized spacial score (nSPS) is 15.9. The van der Waals surface area contributed by atoms with Crippen LogP contribution in [-0.4, -0.2) is 19.8 Å². The average molecular weight is 249 g/mol. The Morgan fingerprint density at radius 3 is 2.67 bits per heavy atom.